The molecule has 1 saturated heterocycles. The molecule has 1 aromatic rings. The van der Waals surface area contributed by atoms with Crippen LogP contribution < -0.4 is 16.4 Å². The van der Waals surface area contributed by atoms with Crippen LogP contribution in [0.1, 0.15) is 44.8 Å². The molecule has 6 heteroatoms. The molecule has 1 aliphatic heterocycles. The summed E-state index contributed by atoms with van der Waals surface area (Å²) in [5.41, 5.74) is 13.1. The number of rotatable bonds is 3. The highest BCUT2D eigenvalue weighted by molar-refractivity contribution is 5.85. The van der Waals surface area contributed by atoms with Gasteiger partial charge in [-0.25, -0.2) is 4.68 Å². The first-order valence-corrected chi connectivity index (χ1v) is 6.84. The summed E-state index contributed by atoms with van der Waals surface area (Å²) in [6, 6.07) is -0.0777. The van der Waals surface area contributed by atoms with Crippen molar-refractivity contribution in [2.75, 3.05) is 17.2 Å². The van der Waals surface area contributed by atoms with Gasteiger partial charge in [-0.05, 0) is 40.0 Å². The van der Waals surface area contributed by atoms with Crippen molar-refractivity contribution < 1.29 is 4.79 Å². The lowest BCUT2D eigenvalue weighted by Crippen LogP contribution is -2.49. The lowest BCUT2D eigenvalue weighted by Gasteiger charge is -2.36. The largest absolute Gasteiger partial charge is 0.394 e. The van der Waals surface area contributed by atoms with Crippen LogP contribution in [0.15, 0.2) is 0 Å². The predicted octanol–water partition coefficient (Wildman–Crippen LogP) is 1.20. The molecular weight excluding hydrogens is 242 g/mol. The van der Waals surface area contributed by atoms with Gasteiger partial charge in [-0.15, -0.1) is 0 Å². The van der Waals surface area contributed by atoms with Gasteiger partial charge in [-0.3, -0.25) is 4.79 Å². The smallest absolute Gasteiger partial charge is 0.240 e. The molecule has 1 amide bonds. The van der Waals surface area contributed by atoms with Crippen LogP contribution in [-0.2, 0) is 4.79 Å². The van der Waals surface area contributed by atoms with Crippen LogP contribution in [0, 0.1) is 6.92 Å². The zero-order chi connectivity index (χ0) is 14.2. The third-order valence-corrected chi connectivity index (χ3v) is 3.70. The van der Waals surface area contributed by atoms with Gasteiger partial charge >= 0.3 is 0 Å². The average molecular weight is 265 g/mol. The number of aromatic nitrogens is 2. The molecule has 1 fully saturated rings. The highest BCUT2D eigenvalue weighted by atomic mass is 16.1. The highest BCUT2D eigenvalue weighted by Gasteiger charge is 2.31. The van der Waals surface area contributed by atoms with Crippen molar-refractivity contribution >= 4 is 17.4 Å². The van der Waals surface area contributed by atoms with Gasteiger partial charge in [0.05, 0.1) is 11.4 Å². The van der Waals surface area contributed by atoms with Crippen molar-refractivity contribution in [1.29, 1.82) is 0 Å². The van der Waals surface area contributed by atoms with Crippen LogP contribution in [-0.4, -0.2) is 28.3 Å². The molecule has 0 saturated carbocycles. The van der Waals surface area contributed by atoms with Gasteiger partial charge in [-0.1, -0.05) is 0 Å². The number of hydrogen-bond donors (Lipinski definition) is 2. The second-order valence-electron chi connectivity index (χ2n) is 5.47. The number of aryl methyl sites for hydroxylation is 1. The normalized spacial score (nSPS) is 20.0. The van der Waals surface area contributed by atoms with Gasteiger partial charge in [0, 0.05) is 12.6 Å². The van der Waals surface area contributed by atoms with Crippen molar-refractivity contribution in [1.82, 2.24) is 9.78 Å². The van der Waals surface area contributed by atoms with E-state index < -0.39 is 0 Å². The number of carbonyl (C=O) groups excluding carboxylic acids is 1. The third-order valence-electron chi connectivity index (χ3n) is 3.70. The Hall–Kier alpha value is -1.72. The second kappa shape index (κ2) is 5.11. The number of nitrogens with two attached hydrogens (primary N) is 2. The standard InChI is InChI=1S/C13H23N5O/c1-8(2)18-13(11(14)9(3)16-18)17-7-5-4-6-10(17)12(15)19/h8,10H,4-7,14H2,1-3H3,(H2,15,19). The summed E-state index contributed by atoms with van der Waals surface area (Å²) in [6.45, 7) is 6.80. The van der Waals surface area contributed by atoms with E-state index in [-0.39, 0.29) is 18.0 Å². The van der Waals surface area contributed by atoms with Crippen LogP contribution in [0.3, 0.4) is 0 Å². The Bertz CT molecular complexity index is 480. The second-order valence-corrected chi connectivity index (χ2v) is 5.47. The summed E-state index contributed by atoms with van der Waals surface area (Å²) in [6.07, 6.45) is 2.86. The summed E-state index contributed by atoms with van der Waals surface area (Å²) < 4.78 is 1.89. The molecule has 0 bridgehead atoms. The molecule has 0 spiro atoms. The molecule has 19 heavy (non-hydrogen) atoms. The molecule has 1 aliphatic rings. The molecule has 1 aromatic heterocycles. The first-order chi connectivity index (χ1) is 8.93. The number of amides is 1. The Morgan fingerprint density at radius 2 is 2.11 bits per heavy atom. The Morgan fingerprint density at radius 3 is 2.68 bits per heavy atom. The average Bonchev–Trinajstić information content (AvgIpc) is 2.66. The predicted molar refractivity (Wildman–Crippen MR) is 75.9 cm³/mol. The van der Waals surface area contributed by atoms with E-state index in [1.165, 1.54) is 0 Å². The monoisotopic (exact) mass is 265 g/mol. The number of piperidine rings is 1. The van der Waals surface area contributed by atoms with Crippen LogP contribution in [0.5, 0.6) is 0 Å². The van der Waals surface area contributed by atoms with E-state index in [0.717, 1.165) is 37.3 Å². The summed E-state index contributed by atoms with van der Waals surface area (Å²) in [7, 11) is 0. The zero-order valence-electron chi connectivity index (χ0n) is 11.9. The number of nitrogens with zero attached hydrogens (tertiary/aromatic N) is 3. The van der Waals surface area contributed by atoms with Gasteiger partial charge in [0.2, 0.25) is 5.91 Å². The maximum Gasteiger partial charge on any atom is 0.240 e. The van der Waals surface area contributed by atoms with E-state index in [9.17, 15) is 4.79 Å². The number of primary amides is 1. The van der Waals surface area contributed by atoms with E-state index in [4.69, 9.17) is 11.5 Å². The Labute approximate surface area is 113 Å². The minimum Gasteiger partial charge on any atom is -0.394 e. The molecule has 0 radical (unpaired) electrons. The van der Waals surface area contributed by atoms with Gasteiger partial charge in [0.15, 0.2) is 5.82 Å². The zero-order valence-corrected chi connectivity index (χ0v) is 11.9. The minimum absolute atomic E-state index is 0.196. The number of carbonyl (C=O) groups is 1. The summed E-state index contributed by atoms with van der Waals surface area (Å²) in [5.74, 6) is 0.559. The van der Waals surface area contributed by atoms with Crippen LogP contribution >= 0.6 is 0 Å². The highest BCUT2D eigenvalue weighted by Crippen LogP contribution is 2.33. The Kier molecular flexibility index (Phi) is 3.68. The van der Waals surface area contributed by atoms with E-state index in [0.29, 0.717) is 5.69 Å². The van der Waals surface area contributed by atoms with Gasteiger partial charge in [0.25, 0.3) is 0 Å². The molecular formula is C13H23N5O. The van der Waals surface area contributed by atoms with Crippen molar-refractivity contribution in [3.63, 3.8) is 0 Å². The fourth-order valence-corrected chi connectivity index (χ4v) is 2.68. The molecule has 0 aromatic carbocycles. The van der Waals surface area contributed by atoms with Gasteiger partial charge in [-0.2, -0.15) is 5.10 Å². The quantitative estimate of drug-likeness (QED) is 0.859. The Balaban J connectivity index is 2.46. The van der Waals surface area contributed by atoms with E-state index in [1.807, 2.05) is 16.5 Å². The van der Waals surface area contributed by atoms with Crippen molar-refractivity contribution in [2.24, 2.45) is 5.73 Å². The molecule has 0 aliphatic carbocycles. The molecule has 106 valence electrons. The fourth-order valence-electron chi connectivity index (χ4n) is 2.68. The van der Waals surface area contributed by atoms with E-state index in [1.54, 1.807) is 0 Å². The Morgan fingerprint density at radius 1 is 1.42 bits per heavy atom. The molecule has 6 nitrogen and oxygen atoms in total. The summed E-state index contributed by atoms with van der Waals surface area (Å²) in [4.78, 5) is 13.7. The lowest BCUT2D eigenvalue weighted by molar-refractivity contribution is -0.119. The first-order valence-electron chi connectivity index (χ1n) is 6.84. The molecule has 1 atom stereocenters. The van der Waals surface area contributed by atoms with Crippen LogP contribution in [0.2, 0.25) is 0 Å². The van der Waals surface area contributed by atoms with Gasteiger partial charge < -0.3 is 16.4 Å². The topological polar surface area (TPSA) is 90.2 Å². The number of anilines is 2. The summed E-state index contributed by atoms with van der Waals surface area (Å²) in [5, 5.41) is 4.48. The number of nitrogen functional groups attached to an aromatic ring is 1. The minimum atomic E-state index is -0.284. The molecule has 2 heterocycles. The first kappa shape index (κ1) is 13.7. The molecule has 2 rings (SSSR count). The third kappa shape index (κ3) is 2.39. The van der Waals surface area contributed by atoms with Crippen molar-refractivity contribution in [3.05, 3.63) is 5.69 Å². The molecule has 1 unspecified atom stereocenters. The molecule has 4 N–H and O–H groups in total. The van der Waals surface area contributed by atoms with E-state index in [2.05, 4.69) is 18.9 Å². The van der Waals surface area contributed by atoms with E-state index >= 15 is 0 Å². The van der Waals surface area contributed by atoms with Crippen molar-refractivity contribution in [3.8, 4) is 0 Å². The lowest BCUT2D eigenvalue weighted by atomic mass is 10.0. The van der Waals surface area contributed by atoms with Gasteiger partial charge in [0.1, 0.15) is 6.04 Å². The summed E-state index contributed by atoms with van der Waals surface area (Å²) >= 11 is 0. The van der Waals surface area contributed by atoms with Crippen molar-refractivity contribution in [2.45, 2.75) is 52.1 Å². The van der Waals surface area contributed by atoms with Crippen LogP contribution in [0.4, 0.5) is 11.5 Å². The SMILES string of the molecule is Cc1nn(C(C)C)c(N2CCCCC2C(N)=O)c1N. The van der Waals surface area contributed by atoms with Crippen LogP contribution in [0.25, 0.3) is 0 Å². The maximum absolute atomic E-state index is 11.6. The number of hydrogen-bond acceptors (Lipinski definition) is 4. The fraction of sp³-hybridized carbons (Fsp3) is 0.692. The maximum atomic E-state index is 11.6.